The van der Waals surface area contributed by atoms with Gasteiger partial charge < -0.3 is 9.47 Å². The Bertz CT molecular complexity index is 1180. The second-order valence-corrected chi connectivity index (χ2v) is 9.12. The van der Waals surface area contributed by atoms with Crippen LogP contribution in [0.4, 0.5) is 0 Å². The highest BCUT2D eigenvalue weighted by Crippen LogP contribution is 2.28. The molecular weight excluding hydrogens is 418 g/mol. The van der Waals surface area contributed by atoms with Gasteiger partial charge in [0.1, 0.15) is 16.7 Å². The van der Waals surface area contributed by atoms with Gasteiger partial charge in [0.05, 0.1) is 43.2 Å². The minimum absolute atomic E-state index is 0.162. The summed E-state index contributed by atoms with van der Waals surface area (Å²) in [5, 5.41) is 4.27. The molecule has 0 N–H and O–H groups in total. The summed E-state index contributed by atoms with van der Waals surface area (Å²) in [7, 11) is -2.08. The number of hydrogen-bond donors (Lipinski definition) is 0. The molecule has 0 aliphatic carbocycles. The molecule has 1 aromatic carbocycles. The van der Waals surface area contributed by atoms with Crippen LogP contribution in [0.3, 0.4) is 0 Å². The molecule has 10 heteroatoms. The molecule has 0 radical (unpaired) electrons. The number of aryl methyl sites for hydroxylation is 2. The van der Waals surface area contributed by atoms with Crippen molar-refractivity contribution >= 4 is 10.0 Å². The van der Waals surface area contributed by atoms with E-state index in [9.17, 15) is 8.42 Å². The van der Waals surface area contributed by atoms with Crippen molar-refractivity contribution in [1.82, 2.24) is 24.1 Å². The van der Waals surface area contributed by atoms with Gasteiger partial charge in [-0.3, -0.25) is 9.67 Å². The zero-order valence-electron chi connectivity index (χ0n) is 17.7. The largest absolute Gasteiger partial charge is 0.497 e. The van der Waals surface area contributed by atoms with E-state index in [-0.39, 0.29) is 24.6 Å². The third-order valence-corrected chi connectivity index (χ3v) is 7.19. The van der Waals surface area contributed by atoms with Gasteiger partial charge in [0, 0.05) is 31.4 Å². The summed E-state index contributed by atoms with van der Waals surface area (Å²) in [5.41, 5.74) is 2.60. The highest BCUT2D eigenvalue weighted by atomic mass is 32.2. The van der Waals surface area contributed by atoms with Crippen molar-refractivity contribution in [2.24, 2.45) is 0 Å². The predicted octanol–water partition coefficient (Wildman–Crippen LogP) is 2.44. The van der Waals surface area contributed by atoms with Crippen molar-refractivity contribution in [2.75, 3.05) is 26.8 Å². The fourth-order valence-corrected chi connectivity index (χ4v) is 5.13. The van der Waals surface area contributed by atoms with Crippen LogP contribution >= 0.6 is 0 Å². The highest BCUT2D eigenvalue weighted by Gasteiger charge is 2.34. The fraction of sp³-hybridized carbons (Fsp3) is 0.381. The van der Waals surface area contributed by atoms with Crippen molar-refractivity contribution in [2.45, 2.75) is 31.4 Å². The number of methoxy groups -OCH3 is 1. The molecule has 0 saturated carbocycles. The van der Waals surface area contributed by atoms with Gasteiger partial charge in [-0.1, -0.05) is 12.1 Å². The van der Waals surface area contributed by atoms with Gasteiger partial charge in [-0.05, 0) is 26.0 Å². The zero-order valence-corrected chi connectivity index (χ0v) is 18.5. The van der Waals surface area contributed by atoms with Gasteiger partial charge >= 0.3 is 0 Å². The lowest BCUT2D eigenvalue weighted by Gasteiger charge is -2.31. The lowest BCUT2D eigenvalue weighted by Crippen LogP contribution is -2.42. The van der Waals surface area contributed by atoms with Crippen LogP contribution in [-0.2, 0) is 21.3 Å². The van der Waals surface area contributed by atoms with Crippen molar-refractivity contribution in [1.29, 1.82) is 0 Å². The molecule has 0 spiro atoms. The first-order chi connectivity index (χ1) is 14.9. The van der Waals surface area contributed by atoms with Gasteiger partial charge in [0.15, 0.2) is 0 Å². The maximum atomic E-state index is 13.2. The molecule has 31 heavy (non-hydrogen) atoms. The molecule has 2 aromatic heterocycles. The van der Waals surface area contributed by atoms with E-state index in [2.05, 4.69) is 15.1 Å². The average molecular weight is 444 g/mol. The quantitative estimate of drug-likeness (QED) is 0.577. The van der Waals surface area contributed by atoms with Crippen molar-refractivity contribution in [3.8, 4) is 17.0 Å². The minimum atomic E-state index is -3.69. The maximum absolute atomic E-state index is 13.2. The summed E-state index contributed by atoms with van der Waals surface area (Å²) < 4.78 is 40.7. The van der Waals surface area contributed by atoms with Crippen LogP contribution in [0.25, 0.3) is 11.3 Å². The van der Waals surface area contributed by atoms with Crippen LogP contribution in [0.2, 0.25) is 0 Å². The number of ether oxygens (including phenoxy) is 2. The van der Waals surface area contributed by atoms with Crippen molar-refractivity contribution in [3.63, 3.8) is 0 Å². The Morgan fingerprint density at radius 1 is 1.29 bits per heavy atom. The first-order valence-electron chi connectivity index (χ1n) is 10.0. The molecule has 0 bridgehead atoms. The molecule has 0 unspecified atom stereocenters. The first kappa shape index (κ1) is 21.4. The number of nitrogens with zero attached hydrogens (tertiary/aromatic N) is 5. The summed E-state index contributed by atoms with van der Waals surface area (Å²) in [6.07, 6.45) is 4.35. The summed E-state index contributed by atoms with van der Waals surface area (Å²) >= 11 is 0. The Labute approximate surface area is 181 Å². The Balaban J connectivity index is 1.59. The van der Waals surface area contributed by atoms with E-state index < -0.39 is 16.1 Å². The minimum Gasteiger partial charge on any atom is -0.497 e. The van der Waals surface area contributed by atoms with E-state index in [1.165, 1.54) is 4.31 Å². The molecule has 3 heterocycles. The first-order valence-corrected chi connectivity index (χ1v) is 11.5. The molecule has 1 aliphatic rings. The molecule has 0 amide bonds. The number of morpholine rings is 1. The van der Waals surface area contributed by atoms with Crippen LogP contribution < -0.4 is 4.74 Å². The Morgan fingerprint density at radius 3 is 2.87 bits per heavy atom. The number of hydrogen-bond acceptors (Lipinski definition) is 7. The molecule has 3 aromatic rings. The van der Waals surface area contributed by atoms with Crippen LogP contribution in [0.15, 0.2) is 47.8 Å². The highest BCUT2D eigenvalue weighted by molar-refractivity contribution is 7.89. The van der Waals surface area contributed by atoms with Crippen LogP contribution in [0, 0.1) is 6.92 Å². The molecule has 9 nitrogen and oxygen atoms in total. The number of benzene rings is 1. The molecule has 1 saturated heterocycles. The van der Waals surface area contributed by atoms with Gasteiger partial charge in [0.2, 0.25) is 10.0 Å². The monoisotopic (exact) mass is 443 g/mol. The molecule has 1 atom stereocenters. The van der Waals surface area contributed by atoms with E-state index in [4.69, 9.17) is 9.47 Å². The average Bonchev–Trinajstić information content (AvgIpc) is 3.21. The van der Waals surface area contributed by atoms with Gasteiger partial charge in [-0.25, -0.2) is 13.4 Å². The third-order valence-electron chi connectivity index (χ3n) is 5.22. The van der Waals surface area contributed by atoms with Gasteiger partial charge in [-0.2, -0.15) is 9.40 Å². The van der Waals surface area contributed by atoms with Crippen molar-refractivity contribution < 1.29 is 17.9 Å². The SMILES string of the molecule is CCn1cc(S(=O)(=O)N2CCO[C@@H](c3cncc(-c4cccc(OC)c4)n3)C2)c(C)n1. The van der Waals surface area contributed by atoms with E-state index >= 15 is 0 Å². The van der Waals surface area contributed by atoms with E-state index in [0.717, 1.165) is 11.3 Å². The van der Waals surface area contributed by atoms with Crippen LogP contribution in [0.5, 0.6) is 5.75 Å². The normalized spacial score (nSPS) is 17.6. The second-order valence-electron chi connectivity index (χ2n) is 7.22. The lowest BCUT2D eigenvalue weighted by atomic mass is 10.1. The molecule has 1 fully saturated rings. The number of sulfonamides is 1. The Kier molecular flexibility index (Phi) is 6.03. The summed E-state index contributed by atoms with van der Waals surface area (Å²) in [6.45, 7) is 4.94. The molecule has 164 valence electrons. The summed E-state index contributed by atoms with van der Waals surface area (Å²) in [4.78, 5) is 9.21. The standard InChI is InChI=1S/C21H25N5O4S/c1-4-25-14-21(15(2)24-25)31(27,28)26-8-9-30-20(13-26)19-12-22-11-18(23-19)16-6-5-7-17(10-16)29-3/h5-7,10-12,14,20H,4,8-9,13H2,1-3H3/t20-/m1/s1. The summed E-state index contributed by atoms with van der Waals surface area (Å²) in [6, 6.07) is 7.53. The maximum Gasteiger partial charge on any atom is 0.246 e. The molecule has 4 rings (SSSR count). The van der Waals surface area contributed by atoms with Gasteiger partial charge in [0.25, 0.3) is 0 Å². The molecule has 1 aliphatic heterocycles. The smallest absolute Gasteiger partial charge is 0.246 e. The van der Waals surface area contributed by atoms with Gasteiger partial charge in [-0.15, -0.1) is 0 Å². The van der Waals surface area contributed by atoms with E-state index in [1.807, 2.05) is 31.2 Å². The fourth-order valence-electron chi connectivity index (χ4n) is 3.53. The lowest BCUT2D eigenvalue weighted by molar-refractivity contribution is -0.00509. The second kappa shape index (κ2) is 8.74. The van der Waals surface area contributed by atoms with Crippen molar-refractivity contribution in [3.05, 3.63) is 54.2 Å². The van der Waals surface area contributed by atoms with E-state index in [0.29, 0.717) is 23.6 Å². The Morgan fingerprint density at radius 2 is 2.13 bits per heavy atom. The summed E-state index contributed by atoms with van der Waals surface area (Å²) in [5.74, 6) is 0.721. The molecular formula is C21H25N5O4S. The number of rotatable bonds is 6. The third kappa shape index (κ3) is 4.32. The van der Waals surface area contributed by atoms with Crippen LogP contribution in [0.1, 0.15) is 24.4 Å². The zero-order chi connectivity index (χ0) is 22.0. The number of aromatic nitrogens is 4. The van der Waals surface area contributed by atoms with Crippen LogP contribution in [-0.4, -0.2) is 59.3 Å². The predicted molar refractivity (Wildman–Crippen MR) is 114 cm³/mol. The van der Waals surface area contributed by atoms with E-state index in [1.54, 1.807) is 37.3 Å². The Hall–Kier alpha value is -2.82. The topological polar surface area (TPSA) is 99.4 Å².